The molecule has 1 unspecified atom stereocenters. The molecule has 0 aromatic heterocycles. The van der Waals surface area contributed by atoms with E-state index in [1.54, 1.807) is 7.11 Å². The van der Waals surface area contributed by atoms with Crippen LogP contribution in [0.5, 0.6) is 0 Å². The van der Waals surface area contributed by atoms with Crippen molar-refractivity contribution in [2.24, 2.45) is 5.41 Å². The van der Waals surface area contributed by atoms with Gasteiger partial charge in [-0.2, -0.15) is 5.26 Å². The van der Waals surface area contributed by atoms with Gasteiger partial charge in [0.1, 0.15) is 0 Å². The van der Waals surface area contributed by atoms with E-state index in [2.05, 4.69) is 32.2 Å². The fourth-order valence-corrected chi connectivity index (χ4v) is 1.36. The molecule has 0 bridgehead atoms. The fraction of sp³-hybridized carbons (Fsp3) is 0.917. The third-order valence-electron chi connectivity index (χ3n) is 2.55. The van der Waals surface area contributed by atoms with Crippen molar-refractivity contribution in [3.05, 3.63) is 0 Å². The third-order valence-corrected chi connectivity index (χ3v) is 2.55. The predicted octanol–water partition coefficient (Wildman–Crippen LogP) is 2.33. The van der Waals surface area contributed by atoms with E-state index >= 15 is 0 Å². The van der Waals surface area contributed by atoms with Crippen LogP contribution in [-0.2, 0) is 4.74 Å². The molecule has 0 amide bonds. The van der Waals surface area contributed by atoms with Crippen molar-refractivity contribution in [1.82, 2.24) is 5.32 Å². The Labute approximate surface area is 93.8 Å². The normalized spacial score (nSPS) is 14.7. The Morgan fingerprint density at radius 2 is 1.87 bits per heavy atom. The Bertz CT molecular complexity index is 228. The van der Waals surface area contributed by atoms with Gasteiger partial charge in [-0.1, -0.05) is 0 Å². The minimum absolute atomic E-state index is 0.108. The third kappa shape index (κ3) is 6.48. The summed E-state index contributed by atoms with van der Waals surface area (Å²) in [6.07, 6.45) is 0.936. The van der Waals surface area contributed by atoms with E-state index in [0.717, 1.165) is 6.42 Å². The van der Waals surface area contributed by atoms with Gasteiger partial charge in [-0.3, -0.25) is 0 Å². The number of nitrogens with zero attached hydrogens (tertiary/aromatic N) is 1. The lowest BCUT2D eigenvalue weighted by Gasteiger charge is -2.28. The van der Waals surface area contributed by atoms with Crippen LogP contribution >= 0.6 is 0 Å². The largest absolute Gasteiger partial charge is 0.379 e. The smallest absolute Gasteiger partial charge is 0.0697 e. The highest BCUT2D eigenvalue weighted by molar-refractivity contribution is 4.94. The lowest BCUT2D eigenvalue weighted by molar-refractivity contribution is 0.00816. The highest BCUT2D eigenvalue weighted by atomic mass is 16.5. The number of hydrogen-bond acceptors (Lipinski definition) is 3. The van der Waals surface area contributed by atoms with Gasteiger partial charge in [-0.05, 0) is 41.0 Å². The van der Waals surface area contributed by atoms with Crippen LogP contribution in [-0.4, -0.2) is 25.3 Å². The van der Waals surface area contributed by atoms with Gasteiger partial charge >= 0.3 is 0 Å². The zero-order valence-corrected chi connectivity index (χ0v) is 10.8. The molecule has 0 spiro atoms. The Morgan fingerprint density at radius 1 is 1.33 bits per heavy atom. The summed E-state index contributed by atoms with van der Waals surface area (Å²) in [6, 6.07) is 2.63. The van der Waals surface area contributed by atoms with Crippen molar-refractivity contribution in [2.45, 2.75) is 52.7 Å². The molecule has 1 atom stereocenters. The topological polar surface area (TPSA) is 45.0 Å². The van der Waals surface area contributed by atoms with Gasteiger partial charge in [0, 0.05) is 19.7 Å². The molecule has 0 rings (SSSR count). The van der Waals surface area contributed by atoms with Crippen LogP contribution in [0.15, 0.2) is 0 Å². The Kier molecular flexibility index (Phi) is 5.27. The first-order valence-corrected chi connectivity index (χ1v) is 5.42. The highest BCUT2D eigenvalue weighted by Crippen LogP contribution is 2.17. The SMILES string of the molecule is COC(C)(C)CC(C)NCC(C)(C)C#N. The van der Waals surface area contributed by atoms with Crippen LogP contribution in [0.4, 0.5) is 0 Å². The molecule has 0 fully saturated rings. The van der Waals surface area contributed by atoms with E-state index in [9.17, 15) is 0 Å². The number of nitrogens with one attached hydrogen (secondary N) is 1. The number of nitriles is 1. The lowest BCUT2D eigenvalue weighted by Crippen LogP contribution is -2.39. The van der Waals surface area contributed by atoms with E-state index in [-0.39, 0.29) is 11.0 Å². The molecule has 0 saturated carbocycles. The molecule has 0 aliphatic rings. The van der Waals surface area contributed by atoms with Gasteiger partial charge in [0.2, 0.25) is 0 Å². The van der Waals surface area contributed by atoms with Crippen LogP contribution in [0.3, 0.4) is 0 Å². The maximum Gasteiger partial charge on any atom is 0.0697 e. The van der Waals surface area contributed by atoms with Gasteiger partial charge in [0.25, 0.3) is 0 Å². The number of hydrogen-bond donors (Lipinski definition) is 1. The highest BCUT2D eigenvalue weighted by Gasteiger charge is 2.22. The zero-order chi connectivity index (χ0) is 12.1. The molecule has 1 N–H and O–H groups in total. The second-order valence-electron chi connectivity index (χ2n) is 5.45. The first-order chi connectivity index (χ1) is 6.72. The average Bonchev–Trinajstić information content (AvgIpc) is 2.15. The molecule has 0 radical (unpaired) electrons. The molecule has 88 valence electrons. The fourth-order valence-electron chi connectivity index (χ4n) is 1.36. The molecule has 0 aromatic carbocycles. The minimum atomic E-state index is -0.300. The molecular formula is C12H24N2O. The molecule has 15 heavy (non-hydrogen) atoms. The van der Waals surface area contributed by atoms with Crippen molar-refractivity contribution in [1.29, 1.82) is 5.26 Å². The molecule has 0 aliphatic carbocycles. The summed E-state index contributed by atoms with van der Waals surface area (Å²) in [4.78, 5) is 0. The summed E-state index contributed by atoms with van der Waals surface area (Å²) < 4.78 is 5.36. The van der Waals surface area contributed by atoms with Crippen LogP contribution in [0.25, 0.3) is 0 Å². The first kappa shape index (κ1) is 14.4. The second kappa shape index (κ2) is 5.48. The van der Waals surface area contributed by atoms with Gasteiger partial charge < -0.3 is 10.1 Å². The van der Waals surface area contributed by atoms with Crippen molar-refractivity contribution in [2.75, 3.05) is 13.7 Å². The second-order valence-corrected chi connectivity index (χ2v) is 5.45. The van der Waals surface area contributed by atoms with Gasteiger partial charge in [0.15, 0.2) is 0 Å². The molecule has 3 heteroatoms. The quantitative estimate of drug-likeness (QED) is 0.735. The average molecular weight is 212 g/mol. The van der Waals surface area contributed by atoms with E-state index in [0.29, 0.717) is 12.6 Å². The Hall–Kier alpha value is -0.590. The zero-order valence-electron chi connectivity index (χ0n) is 10.8. The Balaban J connectivity index is 3.97. The monoisotopic (exact) mass is 212 g/mol. The van der Waals surface area contributed by atoms with E-state index in [1.165, 1.54) is 0 Å². The summed E-state index contributed by atoms with van der Waals surface area (Å²) in [6.45, 7) is 10.8. The molecule has 0 aliphatic heterocycles. The Morgan fingerprint density at radius 3 is 2.27 bits per heavy atom. The number of methoxy groups -OCH3 is 1. The molecule has 3 nitrogen and oxygen atoms in total. The first-order valence-electron chi connectivity index (χ1n) is 5.42. The standard InChI is InChI=1S/C12H24N2O/c1-10(7-12(4,5)15-6)14-9-11(2,3)8-13/h10,14H,7,9H2,1-6H3. The van der Waals surface area contributed by atoms with E-state index < -0.39 is 0 Å². The molecule has 0 saturated heterocycles. The van der Waals surface area contributed by atoms with Crippen molar-refractivity contribution in [3.8, 4) is 6.07 Å². The number of ether oxygens (including phenoxy) is 1. The maximum absolute atomic E-state index is 8.87. The lowest BCUT2D eigenvalue weighted by atomic mass is 9.94. The summed E-state index contributed by atoms with van der Waals surface area (Å²) >= 11 is 0. The van der Waals surface area contributed by atoms with Crippen LogP contribution in [0, 0.1) is 16.7 Å². The molecular weight excluding hydrogens is 188 g/mol. The number of rotatable bonds is 6. The van der Waals surface area contributed by atoms with Crippen LogP contribution in [0.2, 0.25) is 0 Å². The maximum atomic E-state index is 8.87. The minimum Gasteiger partial charge on any atom is -0.379 e. The van der Waals surface area contributed by atoms with Crippen LogP contribution < -0.4 is 5.32 Å². The van der Waals surface area contributed by atoms with Crippen LogP contribution in [0.1, 0.15) is 41.0 Å². The van der Waals surface area contributed by atoms with Crippen molar-refractivity contribution in [3.63, 3.8) is 0 Å². The van der Waals surface area contributed by atoms with Gasteiger partial charge in [-0.25, -0.2) is 0 Å². The van der Waals surface area contributed by atoms with Gasteiger partial charge in [0.05, 0.1) is 17.1 Å². The summed E-state index contributed by atoms with van der Waals surface area (Å²) in [5, 5.41) is 12.2. The predicted molar refractivity (Wildman–Crippen MR) is 62.6 cm³/mol. The van der Waals surface area contributed by atoms with Gasteiger partial charge in [-0.15, -0.1) is 0 Å². The summed E-state index contributed by atoms with van der Waals surface area (Å²) in [7, 11) is 1.73. The summed E-state index contributed by atoms with van der Waals surface area (Å²) in [5.41, 5.74) is -0.408. The van der Waals surface area contributed by atoms with E-state index in [4.69, 9.17) is 10.00 Å². The molecule has 0 heterocycles. The molecule has 0 aromatic rings. The summed E-state index contributed by atoms with van der Waals surface area (Å²) in [5.74, 6) is 0. The van der Waals surface area contributed by atoms with Crippen molar-refractivity contribution < 1.29 is 4.74 Å². The van der Waals surface area contributed by atoms with E-state index in [1.807, 2.05) is 13.8 Å². The van der Waals surface area contributed by atoms with Crippen molar-refractivity contribution >= 4 is 0 Å².